The van der Waals surface area contributed by atoms with Gasteiger partial charge in [-0.2, -0.15) is 5.10 Å². The highest BCUT2D eigenvalue weighted by Crippen LogP contribution is 2.18. The molecule has 0 aliphatic rings. The van der Waals surface area contributed by atoms with Gasteiger partial charge in [0.25, 0.3) is 0 Å². The quantitative estimate of drug-likeness (QED) is 0.905. The van der Waals surface area contributed by atoms with Crippen molar-refractivity contribution in [3.05, 3.63) is 29.6 Å². The van der Waals surface area contributed by atoms with Gasteiger partial charge in [0.2, 0.25) is 5.91 Å². The lowest BCUT2D eigenvalue weighted by molar-refractivity contribution is -0.116. The van der Waals surface area contributed by atoms with Crippen LogP contribution in [0.5, 0.6) is 0 Å². The van der Waals surface area contributed by atoms with Crippen LogP contribution in [0.25, 0.3) is 0 Å². The average Bonchev–Trinajstić information content (AvgIpc) is 2.90. The Labute approximate surface area is 112 Å². The van der Waals surface area contributed by atoms with Crippen molar-refractivity contribution in [3.8, 4) is 0 Å². The average molecular weight is 261 g/mol. The van der Waals surface area contributed by atoms with Crippen molar-refractivity contribution in [2.45, 2.75) is 33.7 Å². The number of carbonyl (C=O) groups is 1. The van der Waals surface area contributed by atoms with Gasteiger partial charge in [0.05, 0.1) is 29.1 Å². The molecule has 2 aromatic heterocycles. The van der Waals surface area contributed by atoms with E-state index in [4.69, 9.17) is 0 Å². The minimum Gasteiger partial charge on any atom is -0.328 e. The second-order valence-corrected chi connectivity index (χ2v) is 4.61. The maximum Gasteiger partial charge on any atom is 0.244 e. The van der Waals surface area contributed by atoms with Crippen molar-refractivity contribution < 1.29 is 4.79 Å². The number of aryl methyl sites for hydroxylation is 3. The van der Waals surface area contributed by atoms with Gasteiger partial charge in [-0.1, -0.05) is 6.92 Å². The zero-order valence-corrected chi connectivity index (χ0v) is 11.8. The molecule has 2 aromatic rings. The summed E-state index contributed by atoms with van der Waals surface area (Å²) in [6, 6.07) is 0. The molecule has 6 nitrogen and oxygen atoms in total. The van der Waals surface area contributed by atoms with E-state index in [0.29, 0.717) is 0 Å². The fourth-order valence-electron chi connectivity index (χ4n) is 1.97. The van der Waals surface area contributed by atoms with Crippen LogP contribution in [-0.2, 0) is 24.8 Å². The molecule has 0 aliphatic heterocycles. The Hall–Kier alpha value is -2.11. The molecule has 0 aliphatic carbocycles. The summed E-state index contributed by atoms with van der Waals surface area (Å²) in [5.41, 5.74) is 3.56. The summed E-state index contributed by atoms with van der Waals surface area (Å²) in [5, 5.41) is 7.18. The molecule has 0 aromatic carbocycles. The first kappa shape index (κ1) is 13.3. The Balaban J connectivity index is 2.05. The van der Waals surface area contributed by atoms with E-state index in [1.165, 1.54) is 0 Å². The Kier molecular flexibility index (Phi) is 3.69. The van der Waals surface area contributed by atoms with Crippen LogP contribution < -0.4 is 5.32 Å². The fourth-order valence-corrected chi connectivity index (χ4v) is 1.97. The molecule has 1 amide bonds. The van der Waals surface area contributed by atoms with Crippen LogP contribution in [0.4, 0.5) is 5.69 Å². The summed E-state index contributed by atoms with van der Waals surface area (Å²) in [4.78, 5) is 16.2. The number of imidazole rings is 1. The Morgan fingerprint density at radius 3 is 2.68 bits per heavy atom. The van der Waals surface area contributed by atoms with Crippen LogP contribution in [0.2, 0.25) is 0 Å². The van der Waals surface area contributed by atoms with Crippen molar-refractivity contribution >= 4 is 11.6 Å². The molecule has 0 bridgehead atoms. The fraction of sp³-hybridized carbons (Fsp3) is 0.462. The first-order chi connectivity index (χ1) is 9.01. The first-order valence-electron chi connectivity index (χ1n) is 6.32. The van der Waals surface area contributed by atoms with Gasteiger partial charge in [0, 0.05) is 13.2 Å². The molecule has 0 saturated carbocycles. The third-order valence-electron chi connectivity index (χ3n) is 3.15. The monoisotopic (exact) mass is 261 g/mol. The summed E-state index contributed by atoms with van der Waals surface area (Å²) in [6.45, 7) is 6.12. The van der Waals surface area contributed by atoms with Gasteiger partial charge in [-0.25, -0.2) is 4.98 Å². The highest BCUT2D eigenvalue weighted by molar-refractivity contribution is 5.91. The molecule has 0 atom stereocenters. The number of anilines is 1. The van der Waals surface area contributed by atoms with E-state index in [1.807, 2.05) is 34.0 Å². The van der Waals surface area contributed by atoms with Crippen LogP contribution >= 0.6 is 0 Å². The van der Waals surface area contributed by atoms with Crippen LogP contribution in [0, 0.1) is 13.8 Å². The molecule has 19 heavy (non-hydrogen) atoms. The molecule has 0 spiro atoms. The van der Waals surface area contributed by atoms with Crippen LogP contribution in [-0.4, -0.2) is 25.2 Å². The van der Waals surface area contributed by atoms with Crippen molar-refractivity contribution in [3.63, 3.8) is 0 Å². The van der Waals surface area contributed by atoms with Crippen LogP contribution in [0.3, 0.4) is 0 Å². The second-order valence-electron chi connectivity index (χ2n) is 4.61. The SMILES string of the molecule is CCc1cn(CC(=O)Nc2c(C)nn(C)c2C)cn1. The number of hydrogen-bond donors (Lipinski definition) is 1. The normalized spacial score (nSPS) is 10.7. The van der Waals surface area contributed by atoms with E-state index in [-0.39, 0.29) is 12.5 Å². The van der Waals surface area contributed by atoms with Gasteiger partial charge in [0.15, 0.2) is 0 Å². The minimum atomic E-state index is -0.0701. The smallest absolute Gasteiger partial charge is 0.244 e. The van der Waals surface area contributed by atoms with Gasteiger partial charge in [-0.05, 0) is 20.3 Å². The first-order valence-corrected chi connectivity index (χ1v) is 6.32. The topological polar surface area (TPSA) is 64.7 Å². The standard InChI is InChI=1S/C13H19N5O/c1-5-11-6-18(8-14-11)7-12(19)15-13-9(2)16-17(4)10(13)3/h6,8H,5,7H2,1-4H3,(H,15,19). The third kappa shape index (κ3) is 2.83. The van der Waals surface area contributed by atoms with Crippen molar-refractivity contribution in [2.75, 3.05) is 5.32 Å². The number of carbonyl (C=O) groups excluding carboxylic acids is 1. The minimum absolute atomic E-state index is 0.0701. The van der Waals surface area contributed by atoms with E-state index < -0.39 is 0 Å². The van der Waals surface area contributed by atoms with E-state index >= 15 is 0 Å². The molecule has 0 radical (unpaired) electrons. The predicted molar refractivity (Wildman–Crippen MR) is 72.9 cm³/mol. The summed E-state index contributed by atoms with van der Waals surface area (Å²) >= 11 is 0. The largest absolute Gasteiger partial charge is 0.328 e. The molecule has 6 heteroatoms. The van der Waals surface area contributed by atoms with Gasteiger partial charge in [-0.3, -0.25) is 9.48 Å². The summed E-state index contributed by atoms with van der Waals surface area (Å²) in [6.07, 6.45) is 4.44. The number of rotatable bonds is 4. The lowest BCUT2D eigenvalue weighted by atomic mass is 10.3. The van der Waals surface area contributed by atoms with Crippen molar-refractivity contribution in [1.29, 1.82) is 0 Å². The number of nitrogens with one attached hydrogen (secondary N) is 1. The van der Waals surface area contributed by atoms with E-state index in [0.717, 1.165) is 29.2 Å². The molecule has 102 valence electrons. The summed E-state index contributed by atoms with van der Waals surface area (Å²) in [7, 11) is 1.86. The Bertz CT molecular complexity index is 596. The number of aromatic nitrogens is 4. The molecule has 2 heterocycles. The molecule has 0 fully saturated rings. The summed E-state index contributed by atoms with van der Waals surface area (Å²) in [5.74, 6) is -0.0701. The van der Waals surface area contributed by atoms with Gasteiger partial charge in [0.1, 0.15) is 6.54 Å². The van der Waals surface area contributed by atoms with E-state index in [1.54, 1.807) is 15.6 Å². The molecular weight excluding hydrogens is 242 g/mol. The number of hydrogen-bond acceptors (Lipinski definition) is 3. The zero-order chi connectivity index (χ0) is 14.0. The lowest BCUT2D eigenvalue weighted by Crippen LogP contribution is -2.18. The molecule has 1 N–H and O–H groups in total. The van der Waals surface area contributed by atoms with Crippen LogP contribution in [0.15, 0.2) is 12.5 Å². The van der Waals surface area contributed by atoms with Crippen molar-refractivity contribution in [1.82, 2.24) is 19.3 Å². The van der Waals surface area contributed by atoms with Gasteiger partial charge < -0.3 is 9.88 Å². The zero-order valence-electron chi connectivity index (χ0n) is 11.8. The summed E-state index contributed by atoms with van der Waals surface area (Å²) < 4.78 is 3.55. The van der Waals surface area contributed by atoms with Crippen molar-refractivity contribution in [2.24, 2.45) is 7.05 Å². The molecule has 2 rings (SSSR count). The van der Waals surface area contributed by atoms with Crippen LogP contribution in [0.1, 0.15) is 24.0 Å². The molecule has 0 saturated heterocycles. The highest BCUT2D eigenvalue weighted by Gasteiger charge is 2.12. The van der Waals surface area contributed by atoms with Gasteiger partial charge >= 0.3 is 0 Å². The predicted octanol–water partition coefficient (Wildman–Crippen LogP) is 1.43. The number of amides is 1. The Morgan fingerprint density at radius 1 is 1.42 bits per heavy atom. The number of nitrogens with zero attached hydrogens (tertiary/aromatic N) is 4. The maximum atomic E-state index is 12.0. The Morgan fingerprint density at radius 2 is 2.16 bits per heavy atom. The second kappa shape index (κ2) is 5.26. The van der Waals surface area contributed by atoms with E-state index in [2.05, 4.69) is 15.4 Å². The van der Waals surface area contributed by atoms with E-state index in [9.17, 15) is 4.79 Å². The maximum absolute atomic E-state index is 12.0. The molecular formula is C13H19N5O. The highest BCUT2D eigenvalue weighted by atomic mass is 16.2. The third-order valence-corrected chi connectivity index (χ3v) is 3.15. The van der Waals surface area contributed by atoms with Gasteiger partial charge in [-0.15, -0.1) is 0 Å². The lowest BCUT2D eigenvalue weighted by Gasteiger charge is -2.06. The molecule has 0 unspecified atom stereocenters.